The number of piperidine rings is 1. The highest BCUT2D eigenvalue weighted by Crippen LogP contribution is 2.27. The van der Waals surface area contributed by atoms with Crippen molar-refractivity contribution in [3.8, 4) is 0 Å². The van der Waals surface area contributed by atoms with E-state index in [1.54, 1.807) is 23.7 Å². The van der Waals surface area contributed by atoms with Crippen LogP contribution in [0, 0.1) is 5.82 Å². The summed E-state index contributed by atoms with van der Waals surface area (Å²) >= 11 is 6.34. The van der Waals surface area contributed by atoms with Crippen LogP contribution in [0.4, 0.5) is 10.3 Å². The Kier molecular flexibility index (Phi) is 6.00. The molecule has 0 N–H and O–H groups in total. The third kappa shape index (κ3) is 3.92. The van der Waals surface area contributed by atoms with Crippen LogP contribution in [0.15, 0.2) is 58.1 Å². The SMILES string of the molecule is Cn1c(=O)n(Cc2ccccc2)c(=O)c2c1nc(N1CCCCC1)n2Cc1c(F)cccc1Cl. The van der Waals surface area contributed by atoms with Gasteiger partial charge in [0.1, 0.15) is 5.82 Å². The van der Waals surface area contributed by atoms with E-state index in [-0.39, 0.29) is 34.8 Å². The number of aromatic nitrogens is 4. The maximum absolute atomic E-state index is 14.8. The van der Waals surface area contributed by atoms with Gasteiger partial charge >= 0.3 is 5.69 Å². The Bertz CT molecular complexity index is 1450. The van der Waals surface area contributed by atoms with E-state index >= 15 is 0 Å². The summed E-state index contributed by atoms with van der Waals surface area (Å²) in [6.45, 7) is 1.72. The van der Waals surface area contributed by atoms with Crippen LogP contribution in [-0.4, -0.2) is 31.8 Å². The lowest BCUT2D eigenvalue weighted by Crippen LogP contribution is -2.40. The normalized spacial score (nSPS) is 14.1. The molecule has 0 spiro atoms. The molecule has 176 valence electrons. The van der Waals surface area contributed by atoms with E-state index in [1.807, 2.05) is 30.3 Å². The fraction of sp³-hybridized carbons (Fsp3) is 0.320. The topological polar surface area (TPSA) is 65.1 Å². The molecule has 0 aliphatic carbocycles. The number of hydrogen-bond donors (Lipinski definition) is 0. The van der Waals surface area contributed by atoms with Crippen molar-refractivity contribution in [2.45, 2.75) is 32.4 Å². The molecule has 3 heterocycles. The first kappa shape index (κ1) is 22.4. The van der Waals surface area contributed by atoms with Crippen molar-refractivity contribution in [1.82, 2.24) is 18.7 Å². The number of benzene rings is 2. The lowest BCUT2D eigenvalue weighted by Gasteiger charge is -2.28. The van der Waals surface area contributed by atoms with Crippen LogP contribution < -0.4 is 16.1 Å². The molecule has 0 atom stereocenters. The molecule has 2 aromatic heterocycles. The maximum atomic E-state index is 14.8. The highest BCUT2D eigenvalue weighted by molar-refractivity contribution is 6.31. The molecular formula is C25H25ClFN5O2. The molecule has 0 radical (unpaired) electrons. The van der Waals surface area contributed by atoms with Gasteiger partial charge in [-0.1, -0.05) is 48.0 Å². The molecule has 1 saturated heterocycles. The lowest BCUT2D eigenvalue weighted by molar-refractivity contribution is 0.556. The number of fused-ring (bicyclic) bond motifs is 1. The van der Waals surface area contributed by atoms with Gasteiger partial charge in [-0.3, -0.25) is 18.5 Å². The summed E-state index contributed by atoms with van der Waals surface area (Å²) in [5.74, 6) is 0.104. The molecule has 4 aromatic rings. The molecule has 1 aliphatic rings. The molecule has 9 heteroatoms. The van der Waals surface area contributed by atoms with Crippen molar-refractivity contribution >= 4 is 28.7 Å². The Labute approximate surface area is 200 Å². The molecule has 0 unspecified atom stereocenters. The van der Waals surface area contributed by atoms with Gasteiger partial charge < -0.3 is 4.90 Å². The Balaban J connectivity index is 1.75. The smallest absolute Gasteiger partial charge is 0.332 e. The second kappa shape index (κ2) is 9.10. The minimum Gasteiger partial charge on any atom is -0.342 e. The quantitative estimate of drug-likeness (QED) is 0.435. The van der Waals surface area contributed by atoms with Crippen LogP contribution in [-0.2, 0) is 20.1 Å². The molecule has 5 rings (SSSR count). The van der Waals surface area contributed by atoms with Gasteiger partial charge in [-0.2, -0.15) is 4.98 Å². The summed E-state index contributed by atoms with van der Waals surface area (Å²) in [5, 5.41) is 0.279. The Hall–Kier alpha value is -3.39. The van der Waals surface area contributed by atoms with Crippen molar-refractivity contribution in [2.24, 2.45) is 7.05 Å². The highest BCUT2D eigenvalue weighted by Gasteiger charge is 2.25. The van der Waals surface area contributed by atoms with Gasteiger partial charge in [-0.25, -0.2) is 9.18 Å². The van der Waals surface area contributed by atoms with Gasteiger partial charge in [0, 0.05) is 30.7 Å². The number of aryl methyl sites for hydroxylation is 1. The average Bonchev–Trinajstić information content (AvgIpc) is 3.23. The molecule has 1 aliphatic heterocycles. The highest BCUT2D eigenvalue weighted by atomic mass is 35.5. The first-order valence-corrected chi connectivity index (χ1v) is 11.8. The largest absolute Gasteiger partial charge is 0.342 e. The second-order valence-corrected chi connectivity index (χ2v) is 9.04. The van der Waals surface area contributed by atoms with E-state index in [4.69, 9.17) is 16.6 Å². The molecule has 0 bridgehead atoms. The number of imidazole rings is 1. The summed E-state index contributed by atoms with van der Waals surface area (Å²) in [6, 6.07) is 13.9. The summed E-state index contributed by atoms with van der Waals surface area (Å²) in [6.07, 6.45) is 3.12. The van der Waals surface area contributed by atoms with Crippen molar-refractivity contribution in [1.29, 1.82) is 0 Å². The number of anilines is 1. The van der Waals surface area contributed by atoms with Crippen LogP contribution in [0.3, 0.4) is 0 Å². The standard InChI is InChI=1S/C25H25ClFN5O2/c1-29-22-21(23(33)32(25(29)34)15-17-9-4-2-5-10-17)31(16-18-19(26)11-8-12-20(18)27)24(28-22)30-13-6-3-7-14-30/h2,4-5,8-12H,3,6-7,13-16H2,1H3. The fourth-order valence-electron chi connectivity index (χ4n) is 4.59. The third-order valence-corrected chi connectivity index (χ3v) is 6.77. The summed E-state index contributed by atoms with van der Waals surface area (Å²) < 4.78 is 19.1. The average molecular weight is 482 g/mol. The Morgan fingerprint density at radius 3 is 2.38 bits per heavy atom. The maximum Gasteiger partial charge on any atom is 0.332 e. The van der Waals surface area contributed by atoms with E-state index in [2.05, 4.69) is 4.90 Å². The van der Waals surface area contributed by atoms with Gasteiger partial charge in [0.15, 0.2) is 11.2 Å². The van der Waals surface area contributed by atoms with E-state index in [1.165, 1.54) is 15.2 Å². The number of halogens is 2. The van der Waals surface area contributed by atoms with E-state index < -0.39 is 17.1 Å². The van der Waals surface area contributed by atoms with E-state index in [0.717, 1.165) is 37.9 Å². The van der Waals surface area contributed by atoms with Gasteiger partial charge in [-0.05, 0) is 37.0 Å². The minimum absolute atomic E-state index is 0.0343. The van der Waals surface area contributed by atoms with Gasteiger partial charge in [0.25, 0.3) is 5.56 Å². The summed E-state index contributed by atoms with van der Waals surface area (Å²) in [4.78, 5) is 33.7. The van der Waals surface area contributed by atoms with Crippen molar-refractivity contribution < 1.29 is 4.39 Å². The number of nitrogens with zero attached hydrogens (tertiary/aromatic N) is 5. The van der Waals surface area contributed by atoms with Crippen LogP contribution in [0.25, 0.3) is 11.2 Å². The van der Waals surface area contributed by atoms with Crippen molar-refractivity contribution in [3.63, 3.8) is 0 Å². The van der Waals surface area contributed by atoms with Crippen LogP contribution in [0.5, 0.6) is 0 Å². The minimum atomic E-state index is -0.454. The third-order valence-electron chi connectivity index (χ3n) is 6.41. The monoisotopic (exact) mass is 481 g/mol. The molecule has 2 aromatic carbocycles. The lowest BCUT2D eigenvalue weighted by atomic mass is 10.1. The van der Waals surface area contributed by atoms with Gasteiger partial charge in [0.05, 0.1) is 13.1 Å². The van der Waals surface area contributed by atoms with Crippen molar-refractivity contribution in [3.05, 3.63) is 91.3 Å². The zero-order valence-corrected chi connectivity index (χ0v) is 19.6. The van der Waals surface area contributed by atoms with Crippen molar-refractivity contribution in [2.75, 3.05) is 18.0 Å². The number of hydrogen-bond acceptors (Lipinski definition) is 4. The number of rotatable bonds is 5. The fourth-order valence-corrected chi connectivity index (χ4v) is 4.81. The molecule has 0 amide bonds. The summed E-state index contributed by atoms with van der Waals surface area (Å²) in [7, 11) is 1.61. The van der Waals surface area contributed by atoms with E-state index in [0.29, 0.717) is 5.95 Å². The van der Waals surface area contributed by atoms with Crippen LogP contribution >= 0.6 is 11.6 Å². The predicted octanol–water partition coefficient (Wildman–Crippen LogP) is 3.78. The first-order valence-electron chi connectivity index (χ1n) is 11.4. The van der Waals surface area contributed by atoms with Gasteiger partial charge in [-0.15, -0.1) is 0 Å². The van der Waals surface area contributed by atoms with E-state index in [9.17, 15) is 14.0 Å². The molecule has 7 nitrogen and oxygen atoms in total. The molecule has 34 heavy (non-hydrogen) atoms. The second-order valence-electron chi connectivity index (χ2n) is 8.64. The first-order chi connectivity index (χ1) is 16.5. The van der Waals surface area contributed by atoms with Gasteiger partial charge in [0.2, 0.25) is 5.95 Å². The zero-order valence-electron chi connectivity index (χ0n) is 18.9. The molecule has 1 fully saturated rings. The van der Waals surface area contributed by atoms with Crippen LogP contribution in [0.2, 0.25) is 5.02 Å². The molecule has 0 saturated carbocycles. The summed E-state index contributed by atoms with van der Waals surface area (Å²) in [5.41, 5.74) is 0.765. The Morgan fingerprint density at radius 2 is 1.68 bits per heavy atom. The predicted molar refractivity (Wildman–Crippen MR) is 131 cm³/mol. The van der Waals surface area contributed by atoms with Crippen LogP contribution in [0.1, 0.15) is 30.4 Å². The Morgan fingerprint density at radius 1 is 0.941 bits per heavy atom. The zero-order chi connectivity index (χ0) is 23.8. The molecular weight excluding hydrogens is 457 g/mol.